The van der Waals surface area contributed by atoms with Gasteiger partial charge in [-0.1, -0.05) is 24.3 Å². The molecule has 2 fully saturated rings. The van der Waals surface area contributed by atoms with Crippen molar-refractivity contribution in [1.29, 1.82) is 0 Å². The first-order chi connectivity index (χ1) is 26.9. The van der Waals surface area contributed by atoms with Crippen molar-refractivity contribution >= 4 is 44.9 Å². The molecule has 0 aliphatic carbocycles. The average molecular weight is 833 g/mol. The first-order valence-electron chi connectivity index (χ1n) is 17.3. The number of pyridine rings is 2. The van der Waals surface area contributed by atoms with Gasteiger partial charge in [-0.05, 0) is 60.2 Å². The van der Waals surface area contributed by atoms with Crippen LogP contribution in [-0.4, -0.2) is 108 Å². The van der Waals surface area contributed by atoms with Gasteiger partial charge >= 0.3 is 7.82 Å². The molecule has 8 atom stereocenters. The molecule has 21 heteroatoms. The molecule has 0 spiro atoms. The van der Waals surface area contributed by atoms with Gasteiger partial charge in [0.2, 0.25) is 7.57 Å². The van der Waals surface area contributed by atoms with Gasteiger partial charge in [0.25, 0.3) is 24.3 Å². The highest BCUT2D eigenvalue weighted by molar-refractivity contribution is 7.57. The quantitative estimate of drug-likeness (QED) is 0.0587. The fourth-order valence-electron chi connectivity index (χ4n) is 6.21. The largest absolute Gasteiger partial charge is 0.469 e. The number of rotatable bonds is 14. The van der Waals surface area contributed by atoms with Gasteiger partial charge in [0.15, 0.2) is 37.0 Å². The van der Waals surface area contributed by atoms with Crippen LogP contribution in [0.5, 0.6) is 0 Å². The Kier molecular flexibility index (Phi) is 13.1. The van der Waals surface area contributed by atoms with E-state index in [2.05, 4.69) is 21.5 Å². The van der Waals surface area contributed by atoms with Crippen LogP contribution in [0.1, 0.15) is 44.3 Å². The number of anilines is 2. The molecule has 4 aromatic rings. The molecule has 0 bridgehead atoms. The number of carbonyl (C=O) groups is 2. The van der Waals surface area contributed by atoms with Crippen LogP contribution in [0.4, 0.5) is 11.4 Å². The van der Waals surface area contributed by atoms with Gasteiger partial charge in [-0.15, -0.1) is 0 Å². The highest BCUT2D eigenvalue weighted by Crippen LogP contribution is 2.38. The number of hydrogen-bond donors (Lipinski definition) is 10. The standard InChI is InChI=1S/C36H40N4O15P2/c1-56(47,48)52-19-27-29(41)31(43)35(54-27)39-14-2-4-23(17-39)33(45)37-25-10-6-21(7-11-25)16-22-8-12-26(13-9-22)38-34(46)24-5-3-15-40(18-24)36-32(44)30(42)28(55-36)20-53-57(49,50)51/h2-15,17-18,27-32,35-36,41-44H,1,16,19-20H2,(H4-2,37,38,45,46,47,48,49,50,51)/p+2/t27-,28-,29-,30-,31-,32-,35-,36-/m1/s1. The second kappa shape index (κ2) is 17.7. The van der Waals surface area contributed by atoms with Crippen molar-refractivity contribution in [2.75, 3.05) is 23.8 Å². The van der Waals surface area contributed by atoms with E-state index in [0.717, 1.165) is 11.1 Å². The smallest absolute Gasteiger partial charge is 0.387 e. The number of nitrogens with one attached hydrogen (secondary N) is 2. The topological polar surface area (TPSA) is 282 Å². The van der Waals surface area contributed by atoms with Gasteiger partial charge in [0.1, 0.15) is 35.5 Å². The monoisotopic (exact) mass is 832 g/mol. The van der Waals surface area contributed by atoms with E-state index < -0.39 is 89.5 Å². The minimum atomic E-state index is -4.83. The number of amides is 2. The van der Waals surface area contributed by atoms with Crippen LogP contribution in [0.2, 0.25) is 0 Å². The number of aliphatic hydroxyl groups excluding tert-OH is 4. The molecule has 0 radical (unpaired) electrons. The van der Waals surface area contributed by atoms with E-state index in [0.29, 0.717) is 17.8 Å². The molecule has 4 heterocycles. The molecule has 2 amide bonds. The molecule has 2 aromatic carbocycles. The van der Waals surface area contributed by atoms with Gasteiger partial charge in [0.05, 0.1) is 13.2 Å². The van der Waals surface area contributed by atoms with Gasteiger partial charge in [-0.3, -0.25) is 14.1 Å². The minimum Gasteiger partial charge on any atom is -0.387 e. The number of phosphoric ester groups is 1. The van der Waals surface area contributed by atoms with Crippen LogP contribution >= 0.6 is 15.4 Å². The first-order valence-corrected chi connectivity index (χ1v) is 20.7. The molecule has 57 heavy (non-hydrogen) atoms. The molecule has 2 aliphatic heterocycles. The third kappa shape index (κ3) is 11.0. The molecule has 2 aromatic heterocycles. The SMILES string of the molecule is C=P(O)(O)OC[C@H]1O[C@@H]([n+]2cccc(C(=O)Nc3ccc(Cc4ccc(NC(=O)c5ccc[n+]([C@@H]6O[C@H](COP(=O)(O)O)[C@@H](O)[C@H]6O)c5)cc4)cc3)c2)[C@H](O)[C@@H]1O. The fraction of sp³-hybridized carbons (Fsp3) is 0.306. The number of aliphatic hydroxyl groups is 4. The maximum Gasteiger partial charge on any atom is 0.469 e. The summed E-state index contributed by atoms with van der Waals surface area (Å²) in [5, 5.41) is 47.3. The number of aromatic nitrogens is 2. The summed E-state index contributed by atoms with van der Waals surface area (Å²) in [5.74, 6) is -0.908. The molecular formula is C36H42N4O15P2+2. The second-order valence-electron chi connectivity index (χ2n) is 13.4. The Morgan fingerprint density at radius 1 is 0.649 bits per heavy atom. The maximum atomic E-state index is 13.1. The van der Waals surface area contributed by atoms with Crippen molar-refractivity contribution in [3.05, 3.63) is 120 Å². The highest BCUT2D eigenvalue weighted by Gasteiger charge is 2.50. The summed E-state index contributed by atoms with van der Waals surface area (Å²) < 4.78 is 34.3. The lowest BCUT2D eigenvalue weighted by Crippen LogP contribution is -2.46. The zero-order valence-electron chi connectivity index (χ0n) is 29.9. The molecule has 2 saturated heterocycles. The van der Waals surface area contributed by atoms with Crippen LogP contribution in [-0.2, 0) is 29.5 Å². The van der Waals surface area contributed by atoms with Crippen molar-refractivity contribution in [2.24, 2.45) is 0 Å². The van der Waals surface area contributed by atoms with Crippen molar-refractivity contribution in [2.45, 2.75) is 55.5 Å². The summed E-state index contributed by atoms with van der Waals surface area (Å²) in [7, 11) is -8.66. The molecule has 0 saturated carbocycles. The van der Waals surface area contributed by atoms with Gasteiger partial charge in [0, 0.05) is 23.5 Å². The Morgan fingerprint density at radius 2 is 1.05 bits per heavy atom. The molecular weight excluding hydrogens is 790 g/mol. The Bertz CT molecular complexity index is 2000. The lowest BCUT2D eigenvalue weighted by molar-refractivity contribution is -0.766. The van der Waals surface area contributed by atoms with E-state index in [1.54, 1.807) is 48.7 Å². The van der Waals surface area contributed by atoms with Crippen LogP contribution in [0.15, 0.2) is 97.6 Å². The van der Waals surface area contributed by atoms with E-state index in [1.165, 1.54) is 33.8 Å². The average Bonchev–Trinajstić information content (AvgIpc) is 3.63. The molecule has 10 N–H and O–H groups in total. The lowest BCUT2D eigenvalue weighted by Gasteiger charge is -2.16. The fourth-order valence-corrected chi connectivity index (χ4v) is 6.94. The van der Waals surface area contributed by atoms with E-state index in [4.69, 9.17) is 23.8 Å². The summed E-state index contributed by atoms with van der Waals surface area (Å²) in [6, 6.07) is 20.6. The summed E-state index contributed by atoms with van der Waals surface area (Å²) in [4.78, 5) is 62.9. The van der Waals surface area contributed by atoms with Crippen molar-refractivity contribution in [3.8, 4) is 0 Å². The number of benzene rings is 2. The normalized spacial score (nSPS) is 25.0. The predicted molar refractivity (Wildman–Crippen MR) is 199 cm³/mol. The molecule has 0 unspecified atom stereocenters. The van der Waals surface area contributed by atoms with Crippen molar-refractivity contribution in [3.63, 3.8) is 0 Å². The van der Waals surface area contributed by atoms with Gasteiger partial charge in [-0.25, -0.2) is 4.57 Å². The summed E-state index contributed by atoms with van der Waals surface area (Å²) in [5.41, 5.74) is 3.36. The lowest BCUT2D eigenvalue weighted by atomic mass is 10.0. The Morgan fingerprint density at radius 3 is 1.44 bits per heavy atom. The Labute approximate surface area is 325 Å². The zero-order valence-corrected chi connectivity index (χ0v) is 31.7. The molecule has 304 valence electrons. The maximum absolute atomic E-state index is 13.1. The summed E-state index contributed by atoms with van der Waals surface area (Å²) in [6.07, 6.45) is -0.723. The number of nitrogens with zero attached hydrogens (tertiary/aromatic N) is 2. The van der Waals surface area contributed by atoms with E-state index >= 15 is 0 Å². The minimum absolute atomic E-state index is 0.205. The van der Waals surface area contributed by atoms with E-state index in [-0.39, 0.29) is 11.1 Å². The number of carbonyl (C=O) groups excluding carboxylic acids is 2. The number of ether oxygens (including phenoxy) is 2. The van der Waals surface area contributed by atoms with Gasteiger partial charge < -0.3 is 64.6 Å². The number of hydrogen-bond acceptors (Lipinski definition) is 13. The Balaban J connectivity index is 1.01. The molecule has 2 aliphatic rings. The van der Waals surface area contributed by atoms with Crippen LogP contribution in [0.25, 0.3) is 0 Å². The van der Waals surface area contributed by atoms with Crippen LogP contribution < -0.4 is 19.8 Å². The third-order valence-electron chi connectivity index (χ3n) is 9.12. The van der Waals surface area contributed by atoms with E-state index in [1.807, 2.05) is 24.3 Å². The summed E-state index contributed by atoms with van der Waals surface area (Å²) >= 11 is 0. The van der Waals surface area contributed by atoms with Crippen molar-refractivity contribution < 1.29 is 81.8 Å². The van der Waals surface area contributed by atoms with E-state index in [9.17, 15) is 44.4 Å². The number of phosphoric acid groups is 1. The first kappa shape index (κ1) is 42.3. The zero-order chi connectivity index (χ0) is 41.1. The highest BCUT2D eigenvalue weighted by atomic mass is 31.2. The third-order valence-corrected chi connectivity index (χ3v) is 10.2. The second-order valence-corrected chi connectivity index (χ2v) is 16.2. The van der Waals surface area contributed by atoms with Crippen LogP contribution in [0.3, 0.4) is 0 Å². The molecule has 6 rings (SSSR count). The summed E-state index contributed by atoms with van der Waals surface area (Å²) in [6.45, 7) is -1.07. The Hall–Kier alpha value is -4.27. The van der Waals surface area contributed by atoms with Crippen LogP contribution in [0, 0.1) is 0 Å². The van der Waals surface area contributed by atoms with Crippen molar-refractivity contribution in [1.82, 2.24) is 0 Å². The van der Waals surface area contributed by atoms with Gasteiger partial charge in [-0.2, -0.15) is 9.13 Å². The molecule has 19 nitrogen and oxygen atoms in total. The predicted octanol–water partition coefficient (Wildman–Crippen LogP) is -0.0995.